The van der Waals surface area contributed by atoms with Crippen LogP contribution in [0.25, 0.3) is 6.08 Å². The van der Waals surface area contributed by atoms with Crippen molar-refractivity contribution in [2.45, 2.75) is 25.8 Å². The number of hydrogen-bond acceptors (Lipinski definition) is 4. The molecule has 0 radical (unpaired) electrons. The molecule has 4 nitrogen and oxygen atoms in total. The van der Waals surface area contributed by atoms with Crippen molar-refractivity contribution in [2.24, 2.45) is 0 Å². The van der Waals surface area contributed by atoms with E-state index in [9.17, 15) is 27.2 Å². The molecule has 0 N–H and O–H groups in total. The van der Waals surface area contributed by atoms with Gasteiger partial charge >= 0.3 is 18.1 Å². The number of alkyl halides is 3. The van der Waals surface area contributed by atoms with E-state index in [1.807, 2.05) is 0 Å². The highest BCUT2D eigenvalue weighted by molar-refractivity contribution is 6.18. The van der Waals surface area contributed by atoms with Gasteiger partial charge in [0.15, 0.2) is 0 Å². The van der Waals surface area contributed by atoms with Crippen LogP contribution >= 0.6 is 0 Å². The number of ether oxygens (including phenoxy) is 2. The minimum absolute atomic E-state index is 0.183. The third-order valence-electron chi connectivity index (χ3n) is 2.72. The van der Waals surface area contributed by atoms with Gasteiger partial charge in [-0.3, -0.25) is 0 Å². The smallest absolute Gasteiger partial charge is 0.419 e. The Morgan fingerprint density at radius 2 is 1.64 bits per heavy atom. The monoisotopic (exact) mass is 318 g/mol. The first kappa shape index (κ1) is 16.0. The molecule has 1 heterocycles. The molecule has 1 saturated heterocycles. The predicted molar refractivity (Wildman–Crippen MR) is 65.6 cm³/mol. The molecule has 0 bridgehead atoms. The van der Waals surface area contributed by atoms with E-state index in [4.69, 9.17) is 9.47 Å². The second-order valence-corrected chi connectivity index (χ2v) is 4.97. The molecule has 1 aliphatic heterocycles. The van der Waals surface area contributed by atoms with Gasteiger partial charge < -0.3 is 9.47 Å². The number of hydrogen-bond donors (Lipinski definition) is 0. The van der Waals surface area contributed by atoms with Gasteiger partial charge in [0.2, 0.25) is 0 Å². The van der Waals surface area contributed by atoms with Crippen molar-refractivity contribution in [3.05, 3.63) is 40.7 Å². The van der Waals surface area contributed by atoms with Gasteiger partial charge in [0, 0.05) is 13.8 Å². The van der Waals surface area contributed by atoms with Crippen LogP contribution in [0.1, 0.15) is 25.0 Å². The molecular formula is C14H10F4O4. The SMILES string of the molecule is CC1(C)OC(=O)C(=Cc2ccc(F)c(C(F)(F)F)c2)C(=O)O1. The Kier molecular flexibility index (Phi) is 3.72. The zero-order valence-corrected chi connectivity index (χ0v) is 11.5. The van der Waals surface area contributed by atoms with E-state index in [1.54, 1.807) is 0 Å². The molecule has 1 aromatic rings. The third-order valence-corrected chi connectivity index (χ3v) is 2.72. The van der Waals surface area contributed by atoms with Crippen molar-refractivity contribution in [1.82, 2.24) is 0 Å². The lowest BCUT2D eigenvalue weighted by molar-refractivity contribution is -0.222. The molecule has 22 heavy (non-hydrogen) atoms. The summed E-state index contributed by atoms with van der Waals surface area (Å²) in [5, 5.41) is 0. The van der Waals surface area contributed by atoms with E-state index in [2.05, 4.69) is 0 Å². The first-order valence-corrected chi connectivity index (χ1v) is 6.05. The lowest BCUT2D eigenvalue weighted by atomic mass is 10.1. The highest BCUT2D eigenvalue weighted by Gasteiger charge is 2.39. The Bertz CT molecular complexity index is 652. The van der Waals surface area contributed by atoms with Crippen molar-refractivity contribution < 1.29 is 36.6 Å². The van der Waals surface area contributed by atoms with Gasteiger partial charge in [-0.1, -0.05) is 6.07 Å². The van der Waals surface area contributed by atoms with Gasteiger partial charge in [0.25, 0.3) is 5.79 Å². The fourth-order valence-electron chi connectivity index (χ4n) is 1.80. The van der Waals surface area contributed by atoms with Crippen LogP contribution in [0.2, 0.25) is 0 Å². The highest BCUT2D eigenvalue weighted by Crippen LogP contribution is 2.32. The Labute approximate surface area is 122 Å². The number of carbonyl (C=O) groups excluding carboxylic acids is 2. The van der Waals surface area contributed by atoms with E-state index in [-0.39, 0.29) is 5.56 Å². The van der Waals surface area contributed by atoms with E-state index >= 15 is 0 Å². The van der Waals surface area contributed by atoms with E-state index in [0.29, 0.717) is 12.1 Å². The van der Waals surface area contributed by atoms with Crippen LogP contribution in [0, 0.1) is 5.82 Å². The third kappa shape index (κ3) is 3.26. The summed E-state index contributed by atoms with van der Waals surface area (Å²) in [6.07, 6.45) is -4.04. The van der Waals surface area contributed by atoms with Crippen molar-refractivity contribution in [3.8, 4) is 0 Å². The molecule has 1 aromatic carbocycles. The van der Waals surface area contributed by atoms with Gasteiger partial charge in [0.05, 0.1) is 5.56 Å². The molecule has 0 aromatic heterocycles. The summed E-state index contributed by atoms with van der Waals surface area (Å²) in [5.41, 5.74) is -2.25. The van der Waals surface area contributed by atoms with Crippen molar-refractivity contribution in [1.29, 1.82) is 0 Å². The fourth-order valence-corrected chi connectivity index (χ4v) is 1.80. The van der Waals surface area contributed by atoms with Crippen molar-refractivity contribution in [2.75, 3.05) is 0 Å². The molecule has 0 unspecified atom stereocenters. The summed E-state index contributed by atoms with van der Waals surface area (Å²) in [7, 11) is 0. The average Bonchev–Trinajstić information content (AvgIpc) is 2.33. The molecule has 0 atom stereocenters. The topological polar surface area (TPSA) is 52.6 Å². The number of rotatable bonds is 1. The van der Waals surface area contributed by atoms with Crippen molar-refractivity contribution in [3.63, 3.8) is 0 Å². The summed E-state index contributed by atoms with van der Waals surface area (Å²) in [6.45, 7) is 2.67. The molecule has 1 aliphatic rings. The van der Waals surface area contributed by atoms with Crippen LogP contribution in [0.3, 0.4) is 0 Å². The molecule has 2 rings (SSSR count). The second-order valence-electron chi connectivity index (χ2n) is 4.97. The molecule has 0 saturated carbocycles. The van der Waals surface area contributed by atoms with Crippen LogP contribution in [0.5, 0.6) is 0 Å². The van der Waals surface area contributed by atoms with Gasteiger partial charge in [-0.15, -0.1) is 0 Å². The van der Waals surface area contributed by atoms with Crippen LogP contribution in [-0.4, -0.2) is 17.7 Å². The number of carbonyl (C=O) groups is 2. The maximum absolute atomic E-state index is 13.2. The second kappa shape index (κ2) is 5.11. The first-order chi connectivity index (χ1) is 9.99. The van der Waals surface area contributed by atoms with E-state index in [0.717, 1.165) is 12.1 Å². The Morgan fingerprint density at radius 3 is 2.14 bits per heavy atom. The molecule has 0 spiro atoms. The lowest BCUT2D eigenvalue weighted by Crippen LogP contribution is -2.41. The van der Waals surface area contributed by atoms with Crippen molar-refractivity contribution >= 4 is 18.0 Å². The van der Waals surface area contributed by atoms with Gasteiger partial charge in [-0.2, -0.15) is 13.2 Å². The quantitative estimate of drug-likeness (QED) is 0.346. The van der Waals surface area contributed by atoms with Crippen LogP contribution in [0.15, 0.2) is 23.8 Å². The van der Waals surface area contributed by atoms with Gasteiger partial charge in [-0.05, 0) is 23.8 Å². The minimum atomic E-state index is -4.89. The Hall–Kier alpha value is -2.38. The average molecular weight is 318 g/mol. The minimum Gasteiger partial charge on any atom is -0.419 e. The van der Waals surface area contributed by atoms with Gasteiger partial charge in [-0.25, -0.2) is 14.0 Å². The van der Waals surface area contributed by atoms with Crippen LogP contribution in [-0.2, 0) is 25.2 Å². The summed E-state index contributed by atoms with van der Waals surface area (Å²) in [4.78, 5) is 23.4. The predicted octanol–water partition coefficient (Wildman–Crippen LogP) is 3.06. The zero-order valence-electron chi connectivity index (χ0n) is 11.5. The molecule has 0 amide bonds. The van der Waals surface area contributed by atoms with E-state index in [1.165, 1.54) is 13.8 Å². The zero-order chi connectivity index (χ0) is 16.7. The fraction of sp³-hybridized carbons (Fsp3) is 0.286. The number of halogens is 4. The molecule has 1 fully saturated rings. The highest BCUT2D eigenvalue weighted by atomic mass is 19.4. The number of cyclic esters (lactones) is 2. The number of esters is 2. The largest absolute Gasteiger partial charge is 0.419 e. The summed E-state index contributed by atoms with van der Waals surface area (Å²) < 4.78 is 60.6. The molecular weight excluding hydrogens is 308 g/mol. The Balaban J connectivity index is 2.42. The standard InChI is InChI=1S/C14H10F4O4/c1-13(2)21-11(19)8(12(20)22-13)5-7-3-4-10(15)9(6-7)14(16,17)18/h3-6H,1-2H3. The number of benzene rings is 1. The van der Waals surface area contributed by atoms with E-state index < -0.39 is 40.9 Å². The maximum Gasteiger partial charge on any atom is 0.419 e. The molecule has 0 aliphatic carbocycles. The van der Waals surface area contributed by atoms with Crippen LogP contribution < -0.4 is 0 Å². The van der Waals surface area contributed by atoms with Crippen LogP contribution in [0.4, 0.5) is 17.6 Å². The maximum atomic E-state index is 13.2. The summed E-state index contributed by atoms with van der Waals surface area (Å²) in [6, 6.07) is 2.08. The normalized spacial score (nSPS) is 17.8. The van der Waals surface area contributed by atoms with Gasteiger partial charge in [0.1, 0.15) is 11.4 Å². The summed E-state index contributed by atoms with van der Waals surface area (Å²) in [5.74, 6) is -4.96. The Morgan fingerprint density at radius 1 is 1.09 bits per heavy atom. The molecule has 118 valence electrons. The summed E-state index contributed by atoms with van der Waals surface area (Å²) >= 11 is 0. The molecule has 8 heteroatoms. The first-order valence-electron chi connectivity index (χ1n) is 6.05. The lowest BCUT2D eigenvalue weighted by Gasteiger charge is -2.29.